The highest BCUT2D eigenvalue weighted by molar-refractivity contribution is 7.10. The van der Waals surface area contributed by atoms with Crippen LogP contribution in [0.2, 0.25) is 0 Å². The lowest BCUT2D eigenvalue weighted by molar-refractivity contribution is 0.0266. The lowest BCUT2D eigenvalue weighted by Crippen LogP contribution is -2.27. The molecule has 1 aromatic carbocycles. The number of benzene rings is 1. The van der Waals surface area contributed by atoms with Gasteiger partial charge in [0, 0.05) is 27.5 Å². The number of hydrogen-bond donors (Lipinski definition) is 1. The van der Waals surface area contributed by atoms with E-state index in [4.69, 9.17) is 4.74 Å². The third kappa shape index (κ3) is 3.71. The van der Waals surface area contributed by atoms with Crippen LogP contribution in [0.3, 0.4) is 0 Å². The zero-order valence-electron chi connectivity index (χ0n) is 16.6. The van der Waals surface area contributed by atoms with E-state index in [1.165, 1.54) is 39.9 Å². The SMILES string of the molecule is CCC(CCC1OCCc2c1[nH]c1ccccc21)C(c1cccs1)N(C)C. The van der Waals surface area contributed by atoms with Crippen molar-refractivity contribution in [2.24, 2.45) is 5.92 Å². The van der Waals surface area contributed by atoms with Crippen molar-refractivity contribution >= 4 is 22.2 Å². The molecule has 1 aliphatic rings. The predicted molar refractivity (Wildman–Crippen MR) is 114 cm³/mol. The third-order valence-corrected chi connectivity index (χ3v) is 6.94. The Morgan fingerprint density at radius 2 is 2.07 bits per heavy atom. The van der Waals surface area contributed by atoms with Gasteiger partial charge >= 0.3 is 0 Å². The molecular weight excluding hydrogens is 352 g/mol. The highest BCUT2D eigenvalue weighted by atomic mass is 32.1. The maximum Gasteiger partial charge on any atom is 0.0975 e. The molecule has 0 fully saturated rings. The van der Waals surface area contributed by atoms with Crippen LogP contribution in [0.25, 0.3) is 10.9 Å². The number of aromatic amines is 1. The van der Waals surface area contributed by atoms with Crippen LogP contribution in [-0.4, -0.2) is 30.6 Å². The maximum absolute atomic E-state index is 6.22. The second-order valence-corrected chi connectivity index (χ2v) is 8.82. The highest BCUT2D eigenvalue weighted by Crippen LogP contribution is 2.39. The number of hydrogen-bond acceptors (Lipinski definition) is 3. The Hall–Kier alpha value is -1.62. The molecule has 4 heteroatoms. The highest BCUT2D eigenvalue weighted by Gasteiger charge is 2.29. The van der Waals surface area contributed by atoms with Gasteiger partial charge in [0.25, 0.3) is 0 Å². The number of para-hydroxylation sites is 1. The van der Waals surface area contributed by atoms with Gasteiger partial charge in [-0.05, 0) is 62.4 Å². The summed E-state index contributed by atoms with van der Waals surface area (Å²) in [7, 11) is 4.42. The van der Waals surface area contributed by atoms with Gasteiger partial charge in [0.15, 0.2) is 0 Å². The summed E-state index contributed by atoms with van der Waals surface area (Å²) in [6.45, 7) is 3.16. The van der Waals surface area contributed by atoms with Crippen molar-refractivity contribution in [1.82, 2.24) is 9.88 Å². The molecule has 0 saturated carbocycles. The molecule has 27 heavy (non-hydrogen) atoms. The molecule has 0 spiro atoms. The summed E-state index contributed by atoms with van der Waals surface area (Å²) < 4.78 is 6.22. The fourth-order valence-corrected chi connectivity index (χ4v) is 5.71. The summed E-state index contributed by atoms with van der Waals surface area (Å²) in [6, 6.07) is 13.6. The van der Waals surface area contributed by atoms with Crippen LogP contribution in [0.1, 0.15) is 54.5 Å². The Morgan fingerprint density at radius 3 is 2.81 bits per heavy atom. The van der Waals surface area contributed by atoms with Crippen molar-refractivity contribution in [2.45, 2.75) is 44.8 Å². The van der Waals surface area contributed by atoms with Crippen molar-refractivity contribution in [3.63, 3.8) is 0 Å². The molecule has 3 nitrogen and oxygen atoms in total. The monoisotopic (exact) mass is 382 g/mol. The summed E-state index contributed by atoms with van der Waals surface area (Å²) in [5, 5.41) is 3.57. The first-order chi connectivity index (χ1) is 13.2. The predicted octanol–water partition coefficient (Wildman–Crippen LogP) is 5.95. The molecule has 0 radical (unpaired) electrons. The van der Waals surface area contributed by atoms with Gasteiger partial charge in [-0.1, -0.05) is 37.6 Å². The number of thiophene rings is 1. The largest absolute Gasteiger partial charge is 0.372 e. The van der Waals surface area contributed by atoms with Crippen LogP contribution in [0, 0.1) is 5.92 Å². The van der Waals surface area contributed by atoms with Gasteiger partial charge in [0.2, 0.25) is 0 Å². The molecule has 144 valence electrons. The average Bonchev–Trinajstić information content (AvgIpc) is 3.32. The Labute approximate surface area is 166 Å². The van der Waals surface area contributed by atoms with Gasteiger partial charge < -0.3 is 14.6 Å². The second kappa shape index (κ2) is 8.17. The fraction of sp³-hybridized carbons (Fsp3) is 0.478. The van der Waals surface area contributed by atoms with E-state index in [-0.39, 0.29) is 6.10 Å². The van der Waals surface area contributed by atoms with Crippen molar-refractivity contribution in [3.8, 4) is 0 Å². The normalized spacial score (nSPS) is 19.3. The standard InChI is InChI=1S/C23H30N2OS/c1-4-16(23(25(2)3)21-10-7-15-27-21)11-12-20-22-18(13-14-26-20)17-8-5-6-9-19(17)24-22/h5-10,15-16,20,23-24H,4,11-14H2,1-3H3. The summed E-state index contributed by atoms with van der Waals surface area (Å²) in [5.41, 5.74) is 4.03. The van der Waals surface area contributed by atoms with Crippen molar-refractivity contribution < 1.29 is 4.74 Å². The first-order valence-electron chi connectivity index (χ1n) is 10.1. The minimum atomic E-state index is 0.196. The molecule has 3 unspecified atom stereocenters. The minimum Gasteiger partial charge on any atom is -0.372 e. The molecule has 0 amide bonds. The van der Waals surface area contributed by atoms with Crippen LogP contribution in [0.4, 0.5) is 0 Å². The number of nitrogens with zero attached hydrogens (tertiary/aromatic N) is 1. The molecule has 2 aromatic heterocycles. The van der Waals surface area contributed by atoms with E-state index in [1.54, 1.807) is 0 Å². The van der Waals surface area contributed by atoms with Gasteiger partial charge in [-0.25, -0.2) is 0 Å². The fourth-order valence-electron chi connectivity index (χ4n) is 4.70. The van der Waals surface area contributed by atoms with Crippen molar-refractivity contribution in [1.29, 1.82) is 0 Å². The number of aromatic nitrogens is 1. The first-order valence-corrected chi connectivity index (χ1v) is 11.0. The molecule has 4 rings (SSSR count). The topological polar surface area (TPSA) is 28.3 Å². The van der Waals surface area contributed by atoms with Gasteiger partial charge in [-0.15, -0.1) is 11.3 Å². The number of rotatable bonds is 7. The molecule has 3 atom stereocenters. The Balaban J connectivity index is 1.53. The van der Waals surface area contributed by atoms with E-state index >= 15 is 0 Å². The van der Waals surface area contributed by atoms with Gasteiger partial charge in [-0.2, -0.15) is 0 Å². The minimum absolute atomic E-state index is 0.196. The summed E-state index contributed by atoms with van der Waals surface area (Å²) >= 11 is 1.88. The molecule has 0 saturated heterocycles. The smallest absolute Gasteiger partial charge is 0.0975 e. The van der Waals surface area contributed by atoms with Gasteiger partial charge in [-0.3, -0.25) is 0 Å². The number of H-pyrrole nitrogens is 1. The molecule has 3 heterocycles. The zero-order valence-corrected chi connectivity index (χ0v) is 17.4. The quantitative estimate of drug-likeness (QED) is 0.547. The molecule has 1 N–H and O–H groups in total. The number of nitrogens with one attached hydrogen (secondary N) is 1. The van der Waals surface area contributed by atoms with Crippen LogP contribution in [0.15, 0.2) is 41.8 Å². The summed E-state index contributed by atoms with van der Waals surface area (Å²) in [5.74, 6) is 0.636. The number of fused-ring (bicyclic) bond motifs is 3. The van der Waals surface area contributed by atoms with E-state index < -0.39 is 0 Å². The summed E-state index contributed by atoms with van der Waals surface area (Å²) in [4.78, 5) is 7.51. The molecular formula is C23H30N2OS. The van der Waals surface area contributed by atoms with E-state index in [0.717, 1.165) is 19.4 Å². The zero-order chi connectivity index (χ0) is 18.8. The second-order valence-electron chi connectivity index (χ2n) is 7.84. The maximum atomic E-state index is 6.22. The van der Waals surface area contributed by atoms with Gasteiger partial charge in [0.1, 0.15) is 0 Å². The molecule has 0 aliphatic carbocycles. The van der Waals surface area contributed by atoms with Crippen LogP contribution < -0.4 is 0 Å². The Morgan fingerprint density at radius 1 is 1.22 bits per heavy atom. The van der Waals surface area contributed by atoms with E-state index in [0.29, 0.717) is 12.0 Å². The van der Waals surface area contributed by atoms with Crippen LogP contribution in [0.5, 0.6) is 0 Å². The lowest BCUT2D eigenvalue weighted by Gasteiger charge is -2.33. The summed E-state index contributed by atoms with van der Waals surface area (Å²) in [6.07, 6.45) is 4.65. The molecule has 3 aromatic rings. The third-order valence-electron chi connectivity index (χ3n) is 6.00. The molecule has 0 bridgehead atoms. The van der Waals surface area contributed by atoms with Crippen LogP contribution in [-0.2, 0) is 11.2 Å². The van der Waals surface area contributed by atoms with Crippen molar-refractivity contribution in [2.75, 3.05) is 20.7 Å². The van der Waals surface area contributed by atoms with E-state index in [9.17, 15) is 0 Å². The Bertz CT molecular complexity index is 868. The van der Waals surface area contributed by atoms with E-state index in [2.05, 4.69) is 72.7 Å². The van der Waals surface area contributed by atoms with Gasteiger partial charge in [0.05, 0.1) is 12.7 Å². The molecule has 1 aliphatic heterocycles. The van der Waals surface area contributed by atoms with Crippen molar-refractivity contribution in [3.05, 3.63) is 57.9 Å². The first kappa shape index (κ1) is 18.7. The van der Waals surface area contributed by atoms with Crippen LogP contribution >= 0.6 is 11.3 Å². The Kier molecular flexibility index (Phi) is 5.67. The number of ether oxygens (including phenoxy) is 1. The van der Waals surface area contributed by atoms with E-state index in [1.807, 2.05) is 11.3 Å². The average molecular weight is 383 g/mol. The lowest BCUT2D eigenvalue weighted by atomic mass is 9.88.